The lowest BCUT2D eigenvalue weighted by Crippen LogP contribution is -2.40. The largest absolute Gasteiger partial charge is 0.393 e. The van der Waals surface area contributed by atoms with Crippen molar-refractivity contribution in [2.24, 2.45) is 0 Å². The number of amides is 2. The normalized spacial score (nSPS) is 22.8. The summed E-state index contributed by atoms with van der Waals surface area (Å²) < 4.78 is 0. The van der Waals surface area contributed by atoms with Crippen molar-refractivity contribution in [1.29, 1.82) is 0 Å². The summed E-state index contributed by atoms with van der Waals surface area (Å²) in [5.41, 5.74) is 2.03. The predicted molar refractivity (Wildman–Crippen MR) is 76.2 cm³/mol. The van der Waals surface area contributed by atoms with Gasteiger partial charge in [0.25, 0.3) is 0 Å². The highest BCUT2D eigenvalue weighted by Crippen LogP contribution is 2.18. The molecule has 0 unspecified atom stereocenters. The first-order chi connectivity index (χ1) is 9.17. The van der Waals surface area contributed by atoms with Crippen molar-refractivity contribution in [3.63, 3.8) is 0 Å². The topological polar surface area (TPSA) is 61.4 Å². The molecule has 2 rings (SSSR count). The van der Waals surface area contributed by atoms with Crippen LogP contribution in [-0.4, -0.2) is 23.3 Å². The molecule has 1 aromatic carbocycles. The van der Waals surface area contributed by atoms with Crippen molar-refractivity contribution in [1.82, 2.24) is 5.32 Å². The zero-order valence-electron chi connectivity index (χ0n) is 11.4. The smallest absolute Gasteiger partial charge is 0.319 e. The molecule has 2 amide bonds. The van der Waals surface area contributed by atoms with Gasteiger partial charge >= 0.3 is 6.03 Å². The third-order valence-corrected chi connectivity index (χ3v) is 3.63. The summed E-state index contributed by atoms with van der Waals surface area (Å²) in [6.07, 6.45) is 4.01. The first-order valence-corrected chi connectivity index (χ1v) is 7.02. The lowest BCUT2D eigenvalue weighted by atomic mass is 9.93. The molecule has 1 fully saturated rings. The first-order valence-electron chi connectivity index (χ1n) is 7.02. The third kappa shape index (κ3) is 4.24. The quantitative estimate of drug-likeness (QED) is 0.784. The minimum absolute atomic E-state index is 0.158. The van der Waals surface area contributed by atoms with E-state index in [0.717, 1.165) is 37.8 Å². The number of aliphatic hydroxyl groups excluding tert-OH is 1. The van der Waals surface area contributed by atoms with Crippen LogP contribution in [0.4, 0.5) is 10.5 Å². The number of anilines is 1. The van der Waals surface area contributed by atoms with Gasteiger partial charge in [-0.3, -0.25) is 0 Å². The minimum Gasteiger partial charge on any atom is -0.393 e. The molecule has 0 aromatic heterocycles. The highest BCUT2D eigenvalue weighted by atomic mass is 16.3. The molecule has 104 valence electrons. The van der Waals surface area contributed by atoms with E-state index in [9.17, 15) is 9.90 Å². The summed E-state index contributed by atoms with van der Waals surface area (Å²) in [7, 11) is 0. The number of urea groups is 1. The maximum atomic E-state index is 11.9. The van der Waals surface area contributed by atoms with Gasteiger partial charge in [0.1, 0.15) is 0 Å². The third-order valence-electron chi connectivity index (χ3n) is 3.63. The summed E-state index contributed by atoms with van der Waals surface area (Å²) in [6, 6.07) is 7.90. The summed E-state index contributed by atoms with van der Waals surface area (Å²) in [4.78, 5) is 11.9. The average molecular weight is 262 g/mol. The van der Waals surface area contributed by atoms with Crippen molar-refractivity contribution in [2.75, 3.05) is 5.32 Å². The number of aryl methyl sites for hydroxylation is 1. The van der Waals surface area contributed by atoms with Gasteiger partial charge in [0.15, 0.2) is 0 Å². The van der Waals surface area contributed by atoms with Crippen LogP contribution >= 0.6 is 0 Å². The van der Waals surface area contributed by atoms with E-state index < -0.39 is 0 Å². The summed E-state index contributed by atoms with van der Waals surface area (Å²) in [5.74, 6) is 0. The van der Waals surface area contributed by atoms with E-state index in [1.807, 2.05) is 24.3 Å². The van der Waals surface area contributed by atoms with Gasteiger partial charge in [-0.2, -0.15) is 0 Å². The standard InChI is InChI=1S/C15H22N2O2/c1-2-11-4-3-5-13(10-11)17-15(19)16-12-6-8-14(18)9-7-12/h3-5,10,12,14,18H,2,6-9H2,1H3,(H2,16,17,19). The molecule has 3 N–H and O–H groups in total. The van der Waals surface area contributed by atoms with Crippen LogP contribution < -0.4 is 10.6 Å². The number of hydrogen-bond donors (Lipinski definition) is 3. The molecule has 1 aliphatic rings. The predicted octanol–water partition coefficient (Wildman–Crippen LogP) is 2.67. The number of benzene rings is 1. The Morgan fingerprint density at radius 3 is 2.74 bits per heavy atom. The van der Waals surface area contributed by atoms with Gasteiger partial charge in [0.05, 0.1) is 6.10 Å². The van der Waals surface area contributed by atoms with Gasteiger partial charge in [-0.25, -0.2) is 4.79 Å². The number of nitrogens with one attached hydrogen (secondary N) is 2. The molecule has 0 spiro atoms. The van der Waals surface area contributed by atoms with Crippen LogP contribution in [0.2, 0.25) is 0 Å². The number of hydrogen-bond acceptors (Lipinski definition) is 2. The molecule has 0 radical (unpaired) electrons. The highest BCUT2D eigenvalue weighted by Gasteiger charge is 2.20. The highest BCUT2D eigenvalue weighted by molar-refractivity contribution is 5.89. The average Bonchev–Trinajstić information content (AvgIpc) is 2.41. The molecule has 1 saturated carbocycles. The fraction of sp³-hybridized carbons (Fsp3) is 0.533. The molecule has 1 aliphatic carbocycles. The maximum Gasteiger partial charge on any atom is 0.319 e. The van der Waals surface area contributed by atoms with Crippen LogP contribution in [0.25, 0.3) is 0 Å². The molecule has 4 heteroatoms. The Labute approximate surface area is 114 Å². The lowest BCUT2D eigenvalue weighted by molar-refractivity contribution is 0.118. The Morgan fingerprint density at radius 2 is 2.05 bits per heavy atom. The molecule has 0 saturated heterocycles. The molecule has 1 aromatic rings. The molecule has 4 nitrogen and oxygen atoms in total. The summed E-state index contributed by atoms with van der Waals surface area (Å²) in [6.45, 7) is 2.09. The van der Waals surface area contributed by atoms with E-state index in [2.05, 4.69) is 17.6 Å². The van der Waals surface area contributed by atoms with Gasteiger partial charge in [-0.1, -0.05) is 19.1 Å². The van der Waals surface area contributed by atoms with Crippen LogP contribution in [0.1, 0.15) is 38.2 Å². The van der Waals surface area contributed by atoms with E-state index in [1.165, 1.54) is 5.56 Å². The van der Waals surface area contributed by atoms with E-state index in [-0.39, 0.29) is 18.2 Å². The maximum absolute atomic E-state index is 11.9. The second kappa shape index (κ2) is 6.57. The van der Waals surface area contributed by atoms with Crippen molar-refractivity contribution >= 4 is 11.7 Å². The lowest BCUT2D eigenvalue weighted by Gasteiger charge is -2.26. The number of aliphatic hydroxyl groups is 1. The Bertz CT molecular complexity index is 426. The first kappa shape index (κ1) is 13.9. The number of carbonyl (C=O) groups excluding carboxylic acids is 1. The number of rotatable bonds is 3. The second-order valence-electron chi connectivity index (χ2n) is 5.16. The van der Waals surface area contributed by atoms with Crippen molar-refractivity contribution in [3.8, 4) is 0 Å². The SMILES string of the molecule is CCc1cccc(NC(=O)NC2CCC(O)CC2)c1. The monoisotopic (exact) mass is 262 g/mol. The van der Waals surface area contributed by atoms with Crippen molar-refractivity contribution in [2.45, 2.75) is 51.2 Å². The van der Waals surface area contributed by atoms with Crippen molar-refractivity contribution in [3.05, 3.63) is 29.8 Å². The van der Waals surface area contributed by atoms with Gasteiger partial charge in [-0.15, -0.1) is 0 Å². The number of carbonyl (C=O) groups is 1. The van der Waals surface area contributed by atoms with Crippen molar-refractivity contribution < 1.29 is 9.90 Å². The Kier molecular flexibility index (Phi) is 4.80. The van der Waals surface area contributed by atoms with E-state index in [4.69, 9.17) is 0 Å². The van der Waals surface area contributed by atoms with Crippen LogP contribution in [0.3, 0.4) is 0 Å². The van der Waals surface area contributed by atoms with Crippen LogP contribution in [0.5, 0.6) is 0 Å². The fourth-order valence-electron chi connectivity index (χ4n) is 2.44. The second-order valence-corrected chi connectivity index (χ2v) is 5.16. The molecule has 0 aliphatic heterocycles. The zero-order chi connectivity index (χ0) is 13.7. The van der Waals surface area contributed by atoms with E-state index in [1.54, 1.807) is 0 Å². The van der Waals surface area contributed by atoms with E-state index >= 15 is 0 Å². The van der Waals surface area contributed by atoms with Crippen LogP contribution in [0, 0.1) is 0 Å². The summed E-state index contributed by atoms with van der Waals surface area (Å²) in [5, 5.41) is 15.3. The van der Waals surface area contributed by atoms with E-state index in [0.29, 0.717) is 0 Å². The Hall–Kier alpha value is -1.55. The van der Waals surface area contributed by atoms with Gasteiger partial charge < -0.3 is 15.7 Å². The van der Waals surface area contributed by atoms with Gasteiger partial charge in [0, 0.05) is 11.7 Å². The molecular weight excluding hydrogens is 240 g/mol. The Balaban J connectivity index is 1.83. The van der Waals surface area contributed by atoms with Crippen LogP contribution in [0.15, 0.2) is 24.3 Å². The van der Waals surface area contributed by atoms with Gasteiger partial charge in [0.2, 0.25) is 0 Å². The fourth-order valence-corrected chi connectivity index (χ4v) is 2.44. The Morgan fingerprint density at radius 1 is 1.32 bits per heavy atom. The van der Waals surface area contributed by atoms with Gasteiger partial charge in [-0.05, 0) is 49.8 Å². The molecule has 19 heavy (non-hydrogen) atoms. The minimum atomic E-state index is -0.192. The van der Waals surface area contributed by atoms with Crippen LogP contribution in [-0.2, 0) is 6.42 Å². The molecule has 0 heterocycles. The molecule has 0 atom stereocenters. The molecule has 0 bridgehead atoms. The zero-order valence-corrected chi connectivity index (χ0v) is 11.4. The summed E-state index contributed by atoms with van der Waals surface area (Å²) >= 11 is 0. The molecular formula is C15H22N2O2.